The summed E-state index contributed by atoms with van der Waals surface area (Å²) < 4.78 is 0.972. The summed E-state index contributed by atoms with van der Waals surface area (Å²) in [6, 6.07) is 5.87. The first-order chi connectivity index (χ1) is 7.50. The minimum atomic E-state index is -0.502. The van der Waals surface area contributed by atoms with Gasteiger partial charge in [-0.15, -0.1) is 11.3 Å². The molecule has 1 aromatic heterocycles. The fraction of sp³-hybridized carbons (Fsp3) is 0.182. The Morgan fingerprint density at radius 3 is 2.62 bits per heavy atom. The zero-order chi connectivity index (χ0) is 11.9. The highest BCUT2D eigenvalue weighted by Crippen LogP contribution is 2.37. The molecule has 0 bridgehead atoms. The number of carbonyl (C=O) groups excluding carboxylic acids is 1. The van der Waals surface area contributed by atoms with Gasteiger partial charge in [-0.3, -0.25) is 4.79 Å². The molecule has 2 nitrogen and oxygen atoms in total. The van der Waals surface area contributed by atoms with Crippen LogP contribution in [0.15, 0.2) is 18.2 Å². The number of benzene rings is 1. The van der Waals surface area contributed by atoms with Gasteiger partial charge in [0.25, 0.3) is 5.24 Å². The van der Waals surface area contributed by atoms with E-state index in [9.17, 15) is 4.79 Å². The van der Waals surface area contributed by atoms with Crippen molar-refractivity contribution >= 4 is 55.6 Å². The predicted octanol–water partition coefficient (Wildman–Crippen LogP) is 4.00. The van der Waals surface area contributed by atoms with E-state index in [1.54, 1.807) is 0 Å². The summed E-state index contributed by atoms with van der Waals surface area (Å²) in [6.07, 6.45) is 0. The van der Waals surface area contributed by atoms with E-state index in [4.69, 9.17) is 23.2 Å². The van der Waals surface area contributed by atoms with Gasteiger partial charge >= 0.3 is 0 Å². The van der Waals surface area contributed by atoms with Crippen LogP contribution in [-0.2, 0) is 0 Å². The molecule has 0 spiro atoms. The Kier molecular flexibility index (Phi) is 3.10. The number of anilines is 1. The van der Waals surface area contributed by atoms with Gasteiger partial charge in [0.2, 0.25) is 0 Å². The fourth-order valence-corrected chi connectivity index (χ4v) is 3.10. The largest absolute Gasteiger partial charge is 0.378 e. The maximum atomic E-state index is 11.1. The summed E-state index contributed by atoms with van der Waals surface area (Å²) in [4.78, 5) is 13.5. The van der Waals surface area contributed by atoms with Crippen LogP contribution in [0.25, 0.3) is 10.1 Å². The van der Waals surface area contributed by atoms with E-state index in [0.29, 0.717) is 9.90 Å². The highest BCUT2D eigenvalue weighted by atomic mass is 35.5. The van der Waals surface area contributed by atoms with E-state index in [2.05, 4.69) is 0 Å². The number of fused-ring (bicyclic) bond motifs is 1. The summed E-state index contributed by atoms with van der Waals surface area (Å²) in [5.41, 5.74) is 1.07. The Balaban J connectivity index is 2.67. The Labute approximate surface area is 107 Å². The second-order valence-corrected chi connectivity index (χ2v) is 5.37. The number of nitrogens with zero attached hydrogens (tertiary/aromatic N) is 1. The normalized spacial score (nSPS) is 10.8. The first-order valence-corrected chi connectivity index (χ1v) is 6.17. The second kappa shape index (κ2) is 4.24. The third-order valence-corrected chi connectivity index (χ3v) is 4.26. The van der Waals surface area contributed by atoms with E-state index in [1.165, 1.54) is 11.3 Å². The molecule has 1 aromatic carbocycles. The molecular weight excluding hydrogens is 265 g/mol. The maximum Gasteiger partial charge on any atom is 0.263 e. The molecule has 0 N–H and O–H groups in total. The highest BCUT2D eigenvalue weighted by molar-refractivity contribution is 7.23. The van der Waals surface area contributed by atoms with E-state index in [-0.39, 0.29) is 0 Å². The van der Waals surface area contributed by atoms with Crippen LogP contribution in [-0.4, -0.2) is 19.3 Å². The minimum Gasteiger partial charge on any atom is -0.378 e. The van der Waals surface area contributed by atoms with Crippen molar-refractivity contribution in [1.82, 2.24) is 0 Å². The number of halogens is 2. The molecule has 0 amide bonds. The van der Waals surface area contributed by atoms with Gasteiger partial charge < -0.3 is 4.90 Å². The minimum absolute atomic E-state index is 0.411. The zero-order valence-corrected chi connectivity index (χ0v) is 11.1. The van der Waals surface area contributed by atoms with Gasteiger partial charge in [0, 0.05) is 29.9 Å². The van der Waals surface area contributed by atoms with Crippen molar-refractivity contribution in [3.05, 3.63) is 28.1 Å². The number of rotatable bonds is 2. The van der Waals surface area contributed by atoms with Crippen molar-refractivity contribution in [3.8, 4) is 0 Å². The molecule has 0 saturated heterocycles. The first-order valence-electron chi connectivity index (χ1n) is 4.60. The van der Waals surface area contributed by atoms with Crippen LogP contribution in [0.5, 0.6) is 0 Å². The first kappa shape index (κ1) is 11.7. The molecule has 0 aliphatic heterocycles. The summed E-state index contributed by atoms with van der Waals surface area (Å²) in [5, 5.41) is 0.823. The lowest BCUT2D eigenvalue weighted by Crippen LogP contribution is -2.07. The quantitative estimate of drug-likeness (QED) is 0.771. The summed E-state index contributed by atoms with van der Waals surface area (Å²) in [7, 11) is 3.92. The Morgan fingerprint density at radius 2 is 2.06 bits per heavy atom. The van der Waals surface area contributed by atoms with Crippen molar-refractivity contribution in [3.63, 3.8) is 0 Å². The molecule has 16 heavy (non-hydrogen) atoms. The highest BCUT2D eigenvalue weighted by Gasteiger charge is 2.15. The molecule has 1 heterocycles. The van der Waals surface area contributed by atoms with E-state index in [1.807, 2.05) is 37.2 Å². The van der Waals surface area contributed by atoms with Gasteiger partial charge in [0.05, 0.1) is 5.02 Å². The molecule has 2 aromatic rings. The molecule has 0 unspecified atom stereocenters. The third kappa shape index (κ3) is 1.90. The van der Waals surface area contributed by atoms with Gasteiger partial charge in [0.1, 0.15) is 4.88 Å². The Bertz CT molecular complexity index is 562. The Morgan fingerprint density at radius 1 is 1.38 bits per heavy atom. The van der Waals surface area contributed by atoms with Crippen molar-refractivity contribution in [2.45, 2.75) is 0 Å². The van der Waals surface area contributed by atoms with Crippen molar-refractivity contribution in [2.24, 2.45) is 0 Å². The summed E-state index contributed by atoms with van der Waals surface area (Å²) >= 11 is 12.9. The Hall–Kier alpha value is -0.770. The van der Waals surface area contributed by atoms with Crippen molar-refractivity contribution in [1.29, 1.82) is 0 Å². The van der Waals surface area contributed by atoms with Gasteiger partial charge in [-0.2, -0.15) is 0 Å². The molecule has 5 heteroatoms. The lowest BCUT2D eigenvalue weighted by molar-refractivity contribution is 0.108. The number of thiophene rings is 1. The van der Waals surface area contributed by atoms with Crippen molar-refractivity contribution < 1.29 is 4.79 Å². The van der Waals surface area contributed by atoms with Gasteiger partial charge in [0.15, 0.2) is 0 Å². The fourth-order valence-electron chi connectivity index (χ4n) is 1.46. The van der Waals surface area contributed by atoms with Crippen LogP contribution in [0.4, 0.5) is 5.69 Å². The number of carbonyl (C=O) groups is 1. The molecule has 2 rings (SSSR count). The van der Waals surface area contributed by atoms with Crippen LogP contribution >= 0.6 is 34.5 Å². The van der Waals surface area contributed by atoms with E-state index >= 15 is 0 Å². The average molecular weight is 274 g/mol. The monoisotopic (exact) mass is 273 g/mol. The standard InChI is InChI=1S/C11H9Cl2NOS/c1-14(2)6-3-4-7-8(5-6)16-10(9(7)12)11(13)15/h3-5H,1-2H3. The molecule has 84 valence electrons. The SMILES string of the molecule is CN(C)c1ccc2c(Cl)c(C(=O)Cl)sc2c1. The number of hydrogen-bond acceptors (Lipinski definition) is 3. The van der Waals surface area contributed by atoms with E-state index < -0.39 is 5.24 Å². The van der Waals surface area contributed by atoms with Crippen LogP contribution < -0.4 is 4.90 Å². The predicted molar refractivity (Wildman–Crippen MR) is 71.3 cm³/mol. The number of hydrogen-bond donors (Lipinski definition) is 0. The van der Waals surface area contributed by atoms with Gasteiger partial charge in [-0.05, 0) is 29.8 Å². The van der Waals surface area contributed by atoms with Crippen LogP contribution in [0, 0.1) is 0 Å². The van der Waals surface area contributed by atoms with Gasteiger partial charge in [-0.25, -0.2) is 0 Å². The smallest absolute Gasteiger partial charge is 0.263 e. The molecule has 0 saturated carbocycles. The summed E-state index contributed by atoms with van der Waals surface area (Å²) in [6.45, 7) is 0. The third-order valence-electron chi connectivity index (χ3n) is 2.31. The molecule has 0 fully saturated rings. The van der Waals surface area contributed by atoms with Crippen LogP contribution in [0.2, 0.25) is 5.02 Å². The van der Waals surface area contributed by atoms with Crippen LogP contribution in [0.1, 0.15) is 9.67 Å². The van der Waals surface area contributed by atoms with Crippen LogP contribution in [0.3, 0.4) is 0 Å². The zero-order valence-electron chi connectivity index (χ0n) is 8.75. The molecular formula is C11H9Cl2NOS. The van der Waals surface area contributed by atoms with Gasteiger partial charge in [-0.1, -0.05) is 11.6 Å². The summed E-state index contributed by atoms with van der Waals surface area (Å²) in [5.74, 6) is 0. The lowest BCUT2D eigenvalue weighted by atomic mass is 10.2. The molecule has 0 radical (unpaired) electrons. The van der Waals surface area contributed by atoms with Crippen molar-refractivity contribution in [2.75, 3.05) is 19.0 Å². The topological polar surface area (TPSA) is 20.3 Å². The maximum absolute atomic E-state index is 11.1. The molecule has 0 aliphatic rings. The lowest BCUT2D eigenvalue weighted by Gasteiger charge is -2.11. The second-order valence-electron chi connectivity index (χ2n) is 3.59. The average Bonchev–Trinajstić information content (AvgIpc) is 2.55. The molecule has 0 aliphatic carbocycles. The molecule has 0 atom stereocenters. The van der Waals surface area contributed by atoms with E-state index in [0.717, 1.165) is 15.8 Å².